The second kappa shape index (κ2) is 7.51. The smallest absolute Gasteiger partial charge is 0.123 e. The van der Waals surface area contributed by atoms with Crippen molar-refractivity contribution in [3.8, 4) is 17.6 Å². The topological polar surface area (TPSA) is 42.2 Å². The lowest BCUT2D eigenvalue weighted by Gasteiger charge is -2.15. The first-order valence-electron chi connectivity index (χ1n) is 7.38. The molecule has 1 atom stereocenters. The molecule has 0 aliphatic carbocycles. The Labute approximate surface area is 132 Å². The Kier molecular flexibility index (Phi) is 5.43. The van der Waals surface area contributed by atoms with Crippen LogP contribution in [0, 0.1) is 25.2 Å². The number of hydrogen-bond acceptors (Lipinski definition) is 3. The zero-order valence-electron chi connectivity index (χ0n) is 13.3. The summed E-state index contributed by atoms with van der Waals surface area (Å²) in [6, 6.07) is 16.1. The van der Waals surface area contributed by atoms with E-state index < -0.39 is 0 Å². The normalized spacial score (nSPS) is 11.5. The van der Waals surface area contributed by atoms with Crippen LogP contribution < -0.4 is 9.47 Å². The number of methoxy groups -OCH3 is 1. The average molecular weight is 295 g/mol. The molecule has 114 valence electrons. The van der Waals surface area contributed by atoms with Gasteiger partial charge in [0.05, 0.1) is 25.7 Å². The summed E-state index contributed by atoms with van der Waals surface area (Å²) in [5.74, 6) is 1.39. The summed E-state index contributed by atoms with van der Waals surface area (Å²) < 4.78 is 11.2. The van der Waals surface area contributed by atoms with Crippen LogP contribution in [-0.2, 0) is 0 Å². The van der Waals surface area contributed by atoms with E-state index in [4.69, 9.17) is 9.47 Å². The van der Waals surface area contributed by atoms with Crippen LogP contribution in [-0.4, -0.2) is 13.7 Å². The van der Waals surface area contributed by atoms with E-state index in [-0.39, 0.29) is 5.92 Å². The van der Waals surface area contributed by atoms with Gasteiger partial charge in [-0.1, -0.05) is 35.9 Å². The van der Waals surface area contributed by atoms with Crippen molar-refractivity contribution in [3.05, 3.63) is 59.2 Å². The number of para-hydroxylation sites is 1. The van der Waals surface area contributed by atoms with E-state index in [1.807, 2.05) is 43.3 Å². The Morgan fingerprint density at radius 2 is 1.86 bits per heavy atom. The minimum atomic E-state index is -0.234. The zero-order chi connectivity index (χ0) is 15.9. The molecule has 2 rings (SSSR count). The second-order valence-corrected chi connectivity index (χ2v) is 5.33. The molecule has 0 fully saturated rings. The highest BCUT2D eigenvalue weighted by atomic mass is 16.5. The standard InChI is InChI=1S/C19H21NO2/c1-14-8-9-18(15(2)12-14)22-11-10-16(13-20)17-6-4-5-7-19(17)21-3/h4-9,12,16H,10-11H2,1-3H3. The van der Waals surface area contributed by atoms with E-state index >= 15 is 0 Å². The third-order valence-corrected chi connectivity index (χ3v) is 3.66. The van der Waals surface area contributed by atoms with Gasteiger partial charge in [-0.05, 0) is 31.5 Å². The van der Waals surface area contributed by atoms with Crippen molar-refractivity contribution in [1.82, 2.24) is 0 Å². The van der Waals surface area contributed by atoms with Crippen LogP contribution in [0.15, 0.2) is 42.5 Å². The Hall–Kier alpha value is -2.47. The van der Waals surface area contributed by atoms with Gasteiger partial charge in [-0.25, -0.2) is 0 Å². The SMILES string of the molecule is COc1ccccc1C(C#N)CCOc1ccc(C)cc1C. The fraction of sp³-hybridized carbons (Fsp3) is 0.316. The van der Waals surface area contributed by atoms with E-state index in [2.05, 4.69) is 19.1 Å². The number of aryl methyl sites for hydroxylation is 2. The van der Waals surface area contributed by atoms with E-state index in [1.54, 1.807) is 7.11 Å². The fourth-order valence-electron chi connectivity index (χ4n) is 2.49. The molecule has 1 unspecified atom stereocenters. The van der Waals surface area contributed by atoms with Crippen LogP contribution in [0.25, 0.3) is 0 Å². The number of nitrogens with zero attached hydrogens (tertiary/aromatic N) is 1. The quantitative estimate of drug-likeness (QED) is 0.793. The Bertz CT molecular complexity index is 673. The Morgan fingerprint density at radius 1 is 1.09 bits per heavy atom. The number of hydrogen-bond donors (Lipinski definition) is 0. The molecule has 0 aliphatic heterocycles. The van der Waals surface area contributed by atoms with Gasteiger partial charge in [-0.15, -0.1) is 0 Å². The summed E-state index contributed by atoms with van der Waals surface area (Å²) in [5, 5.41) is 9.43. The molecule has 22 heavy (non-hydrogen) atoms. The molecular formula is C19H21NO2. The van der Waals surface area contributed by atoms with Crippen molar-refractivity contribution in [1.29, 1.82) is 5.26 Å². The number of benzene rings is 2. The zero-order valence-corrected chi connectivity index (χ0v) is 13.3. The molecular weight excluding hydrogens is 274 g/mol. The highest BCUT2D eigenvalue weighted by molar-refractivity contribution is 5.39. The van der Waals surface area contributed by atoms with Crippen LogP contribution in [0.1, 0.15) is 29.0 Å². The van der Waals surface area contributed by atoms with Gasteiger partial charge in [0.15, 0.2) is 0 Å². The molecule has 0 saturated heterocycles. The summed E-state index contributed by atoms with van der Waals surface area (Å²) in [6.07, 6.45) is 0.629. The fourth-order valence-corrected chi connectivity index (χ4v) is 2.49. The molecule has 2 aromatic carbocycles. The van der Waals surface area contributed by atoms with E-state index in [0.29, 0.717) is 13.0 Å². The molecule has 0 heterocycles. The van der Waals surface area contributed by atoms with Gasteiger partial charge in [0, 0.05) is 12.0 Å². The van der Waals surface area contributed by atoms with Gasteiger partial charge in [0.25, 0.3) is 0 Å². The summed E-state index contributed by atoms with van der Waals surface area (Å²) in [6.45, 7) is 4.59. The minimum absolute atomic E-state index is 0.234. The molecule has 0 radical (unpaired) electrons. The lowest BCUT2D eigenvalue weighted by atomic mass is 9.96. The predicted molar refractivity (Wildman–Crippen MR) is 87.4 cm³/mol. The van der Waals surface area contributed by atoms with Crippen LogP contribution in [0.4, 0.5) is 0 Å². The minimum Gasteiger partial charge on any atom is -0.496 e. The molecule has 0 saturated carbocycles. The van der Waals surface area contributed by atoms with Gasteiger partial charge >= 0.3 is 0 Å². The van der Waals surface area contributed by atoms with Crippen LogP contribution in [0.5, 0.6) is 11.5 Å². The van der Waals surface area contributed by atoms with Gasteiger partial charge in [0.1, 0.15) is 11.5 Å². The highest BCUT2D eigenvalue weighted by Gasteiger charge is 2.15. The van der Waals surface area contributed by atoms with Gasteiger partial charge in [-0.3, -0.25) is 0 Å². The number of ether oxygens (including phenoxy) is 2. The first-order chi connectivity index (χ1) is 10.7. The van der Waals surface area contributed by atoms with Crippen molar-refractivity contribution in [2.75, 3.05) is 13.7 Å². The maximum Gasteiger partial charge on any atom is 0.123 e. The van der Waals surface area contributed by atoms with E-state index in [0.717, 1.165) is 22.6 Å². The summed E-state index contributed by atoms with van der Waals surface area (Å²) in [5.41, 5.74) is 3.25. The predicted octanol–water partition coefficient (Wildman–Crippen LogP) is 4.39. The second-order valence-electron chi connectivity index (χ2n) is 5.33. The van der Waals surface area contributed by atoms with E-state index in [1.165, 1.54) is 5.56 Å². The van der Waals surface area contributed by atoms with Gasteiger partial charge < -0.3 is 9.47 Å². The van der Waals surface area contributed by atoms with Crippen molar-refractivity contribution in [2.24, 2.45) is 0 Å². The molecule has 3 nitrogen and oxygen atoms in total. The highest BCUT2D eigenvalue weighted by Crippen LogP contribution is 2.28. The number of nitriles is 1. The molecule has 0 aromatic heterocycles. The molecule has 0 spiro atoms. The molecule has 0 bridgehead atoms. The average Bonchev–Trinajstić information content (AvgIpc) is 2.53. The first kappa shape index (κ1) is 15.9. The lowest BCUT2D eigenvalue weighted by Crippen LogP contribution is -2.06. The van der Waals surface area contributed by atoms with Gasteiger partial charge in [0.2, 0.25) is 0 Å². The van der Waals surface area contributed by atoms with E-state index in [9.17, 15) is 5.26 Å². The maximum atomic E-state index is 9.43. The van der Waals surface area contributed by atoms with Crippen molar-refractivity contribution in [3.63, 3.8) is 0 Å². The molecule has 0 amide bonds. The van der Waals surface area contributed by atoms with Crippen LogP contribution >= 0.6 is 0 Å². The summed E-state index contributed by atoms with van der Waals surface area (Å²) in [7, 11) is 1.62. The van der Waals surface area contributed by atoms with Crippen molar-refractivity contribution >= 4 is 0 Å². The summed E-state index contributed by atoms with van der Waals surface area (Å²) in [4.78, 5) is 0. The Balaban J connectivity index is 2.01. The largest absolute Gasteiger partial charge is 0.496 e. The van der Waals surface area contributed by atoms with Crippen molar-refractivity contribution < 1.29 is 9.47 Å². The van der Waals surface area contributed by atoms with Crippen LogP contribution in [0.2, 0.25) is 0 Å². The monoisotopic (exact) mass is 295 g/mol. The third kappa shape index (κ3) is 3.79. The summed E-state index contributed by atoms with van der Waals surface area (Å²) >= 11 is 0. The molecule has 2 aromatic rings. The van der Waals surface area contributed by atoms with Crippen molar-refractivity contribution in [2.45, 2.75) is 26.2 Å². The molecule has 0 aliphatic rings. The lowest BCUT2D eigenvalue weighted by molar-refractivity contribution is 0.302. The maximum absolute atomic E-state index is 9.43. The first-order valence-corrected chi connectivity index (χ1v) is 7.38. The third-order valence-electron chi connectivity index (χ3n) is 3.66. The van der Waals surface area contributed by atoms with Gasteiger partial charge in [-0.2, -0.15) is 5.26 Å². The molecule has 0 N–H and O–H groups in total. The Morgan fingerprint density at radius 3 is 2.55 bits per heavy atom. The number of rotatable bonds is 6. The van der Waals surface area contributed by atoms with Crippen LogP contribution in [0.3, 0.4) is 0 Å². The molecule has 3 heteroatoms.